The molecular formula is C14H22BrNOS. The van der Waals surface area contributed by atoms with E-state index in [-0.39, 0.29) is 6.10 Å². The second kappa shape index (κ2) is 6.51. The topological polar surface area (TPSA) is 35.2 Å². The number of nitrogens with two attached hydrogens (primary N) is 1. The second-order valence-electron chi connectivity index (χ2n) is 5.57. The molecule has 0 bridgehead atoms. The van der Waals surface area contributed by atoms with Crippen molar-refractivity contribution in [2.45, 2.75) is 45.3 Å². The molecule has 18 heavy (non-hydrogen) atoms. The van der Waals surface area contributed by atoms with E-state index in [1.807, 2.05) is 0 Å². The summed E-state index contributed by atoms with van der Waals surface area (Å²) in [6.07, 6.45) is 4.11. The maximum Gasteiger partial charge on any atom is 0.104 e. The lowest BCUT2D eigenvalue weighted by Crippen LogP contribution is -2.29. The van der Waals surface area contributed by atoms with Crippen molar-refractivity contribution in [1.29, 1.82) is 0 Å². The third-order valence-electron chi connectivity index (χ3n) is 3.61. The molecule has 1 aromatic heterocycles. The van der Waals surface area contributed by atoms with Gasteiger partial charge in [-0.25, -0.2) is 0 Å². The highest BCUT2D eigenvalue weighted by molar-refractivity contribution is 9.10. The summed E-state index contributed by atoms with van der Waals surface area (Å²) >= 11 is 5.21. The first-order chi connectivity index (χ1) is 8.58. The number of hydrogen-bond donors (Lipinski definition) is 1. The van der Waals surface area contributed by atoms with Gasteiger partial charge in [0.1, 0.15) is 6.10 Å². The monoisotopic (exact) mass is 331 g/mol. The van der Waals surface area contributed by atoms with Gasteiger partial charge in [-0.3, -0.25) is 0 Å². The molecule has 2 rings (SSSR count). The van der Waals surface area contributed by atoms with Gasteiger partial charge in [0.25, 0.3) is 0 Å². The molecule has 3 unspecified atom stereocenters. The lowest BCUT2D eigenvalue weighted by Gasteiger charge is -2.33. The van der Waals surface area contributed by atoms with E-state index >= 15 is 0 Å². The molecule has 0 saturated heterocycles. The van der Waals surface area contributed by atoms with Gasteiger partial charge in [-0.1, -0.05) is 13.8 Å². The number of rotatable bonds is 4. The third kappa shape index (κ3) is 3.80. The Kier molecular flexibility index (Phi) is 5.24. The van der Waals surface area contributed by atoms with E-state index in [2.05, 4.69) is 41.2 Å². The zero-order chi connectivity index (χ0) is 13.1. The van der Waals surface area contributed by atoms with Crippen molar-refractivity contribution in [2.75, 3.05) is 6.54 Å². The fraction of sp³-hybridized carbons (Fsp3) is 0.714. The van der Waals surface area contributed by atoms with Crippen molar-refractivity contribution in [3.8, 4) is 0 Å². The Balaban J connectivity index is 1.97. The van der Waals surface area contributed by atoms with Gasteiger partial charge in [0.05, 0.1) is 6.10 Å². The van der Waals surface area contributed by atoms with Crippen LogP contribution in [-0.2, 0) is 4.74 Å². The Morgan fingerprint density at radius 1 is 1.39 bits per heavy atom. The summed E-state index contributed by atoms with van der Waals surface area (Å²) in [4.78, 5) is 1.23. The van der Waals surface area contributed by atoms with Gasteiger partial charge in [0, 0.05) is 21.3 Å². The summed E-state index contributed by atoms with van der Waals surface area (Å²) in [5, 5.41) is 2.09. The predicted octanol–water partition coefficient (Wildman–Crippen LogP) is 4.35. The van der Waals surface area contributed by atoms with E-state index < -0.39 is 0 Å². The van der Waals surface area contributed by atoms with Crippen LogP contribution in [0.25, 0.3) is 0 Å². The van der Waals surface area contributed by atoms with E-state index in [4.69, 9.17) is 10.5 Å². The average molecular weight is 332 g/mol. The smallest absolute Gasteiger partial charge is 0.104 e. The molecule has 1 aromatic rings. The number of hydrogen-bond acceptors (Lipinski definition) is 3. The Bertz CT molecular complexity index is 372. The van der Waals surface area contributed by atoms with Crippen LogP contribution in [0.1, 0.15) is 44.1 Å². The minimum absolute atomic E-state index is 0.0591. The highest BCUT2D eigenvalue weighted by Crippen LogP contribution is 2.35. The highest BCUT2D eigenvalue weighted by Gasteiger charge is 2.27. The summed E-state index contributed by atoms with van der Waals surface area (Å²) < 4.78 is 7.37. The Morgan fingerprint density at radius 2 is 2.06 bits per heavy atom. The van der Waals surface area contributed by atoms with Crippen LogP contribution in [-0.4, -0.2) is 12.6 Å². The lowest BCUT2D eigenvalue weighted by molar-refractivity contribution is -0.0451. The molecule has 1 aliphatic rings. The van der Waals surface area contributed by atoms with E-state index in [0.717, 1.165) is 16.3 Å². The minimum Gasteiger partial charge on any atom is -0.368 e. The molecule has 0 aromatic carbocycles. The first-order valence-electron chi connectivity index (χ1n) is 6.68. The number of halogens is 1. The number of ether oxygens (including phenoxy) is 1. The van der Waals surface area contributed by atoms with Crippen molar-refractivity contribution >= 4 is 27.3 Å². The van der Waals surface area contributed by atoms with Crippen LogP contribution in [0.2, 0.25) is 0 Å². The summed E-state index contributed by atoms with van der Waals surface area (Å²) in [6, 6.07) is 2.12. The summed E-state index contributed by atoms with van der Waals surface area (Å²) in [5.41, 5.74) is 5.87. The molecule has 0 radical (unpaired) electrons. The molecule has 1 fully saturated rings. The molecule has 1 saturated carbocycles. The van der Waals surface area contributed by atoms with Gasteiger partial charge in [0.15, 0.2) is 0 Å². The maximum absolute atomic E-state index is 6.25. The summed E-state index contributed by atoms with van der Waals surface area (Å²) in [6.45, 7) is 5.21. The van der Waals surface area contributed by atoms with Crippen molar-refractivity contribution in [2.24, 2.45) is 17.6 Å². The Hall–Kier alpha value is 0.1000. The molecule has 0 amide bonds. The van der Waals surface area contributed by atoms with Crippen molar-refractivity contribution in [3.63, 3.8) is 0 Å². The van der Waals surface area contributed by atoms with Crippen molar-refractivity contribution in [3.05, 3.63) is 20.8 Å². The van der Waals surface area contributed by atoms with E-state index in [1.54, 1.807) is 11.3 Å². The third-order valence-corrected chi connectivity index (χ3v) is 5.40. The largest absolute Gasteiger partial charge is 0.368 e. The molecule has 2 nitrogen and oxygen atoms in total. The van der Waals surface area contributed by atoms with Crippen LogP contribution in [0.3, 0.4) is 0 Å². The highest BCUT2D eigenvalue weighted by atomic mass is 79.9. The van der Waals surface area contributed by atoms with Gasteiger partial charge in [0.2, 0.25) is 0 Å². The van der Waals surface area contributed by atoms with Crippen LogP contribution < -0.4 is 5.73 Å². The molecule has 2 N–H and O–H groups in total. The van der Waals surface area contributed by atoms with Crippen LogP contribution in [0.15, 0.2) is 15.9 Å². The van der Waals surface area contributed by atoms with Gasteiger partial charge in [-0.15, -0.1) is 11.3 Å². The summed E-state index contributed by atoms with van der Waals surface area (Å²) in [7, 11) is 0. The number of thiophene rings is 1. The van der Waals surface area contributed by atoms with Gasteiger partial charge >= 0.3 is 0 Å². The van der Waals surface area contributed by atoms with Gasteiger partial charge in [-0.2, -0.15) is 0 Å². The molecule has 3 atom stereocenters. The van der Waals surface area contributed by atoms with Crippen LogP contribution in [0, 0.1) is 11.8 Å². The SMILES string of the molecule is CC1CC(C)CC(OC(CN)c2cc(Br)cs2)C1. The van der Waals surface area contributed by atoms with Crippen LogP contribution in [0.4, 0.5) is 0 Å². The average Bonchev–Trinajstić information content (AvgIpc) is 2.71. The standard InChI is InChI=1S/C14H22BrNOS/c1-9-3-10(2)5-12(4-9)17-13(7-16)14-6-11(15)8-18-14/h6,8-10,12-13H,3-5,7,16H2,1-2H3. The van der Waals surface area contributed by atoms with E-state index in [1.165, 1.54) is 24.1 Å². The molecule has 0 spiro atoms. The first-order valence-corrected chi connectivity index (χ1v) is 8.35. The van der Waals surface area contributed by atoms with Gasteiger partial charge < -0.3 is 10.5 Å². The summed E-state index contributed by atoms with van der Waals surface area (Å²) in [5.74, 6) is 1.54. The van der Waals surface area contributed by atoms with Crippen LogP contribution >= 0.6 is 27.3 Å². The quantitative estimate of drug-likeness (QED) is 0.889. The lowest BCUT2D eigenvalue weighted by atomic mass is 9.81. The fourth-order valence-electron chi connectivity index (χ4n) is 2.95. The Morgan fingerprint density at radius 3 is 2.56 bits per heavy atom. The fourth-order valence-corrected chi connectivity index (χ4v) is 4.45. The zero-order valence-electron chi connectivity index (χ0n) is 11.1. The van der Waals surface area contributed by atoms with E-state index in [0.29, 0.717) is 12.6 Å². The Labute approximate surface area is 122 Å². The molecule has 102 valence electrons. The minimum atomic E-state index is 0.0591. The van der Waals surface area contributed by atoms with Crippen molar-refractivity contribution < 1.29 is 4.74 Å². The first kappa shape index (κ1) is 14.5. The van der Waals surface area contributed by atoms with Gasteiger partial charge in [-0.05, 0) is 53.1 Å². The molecule has 4 heteroatoms. The van der Waals surface area contributed by atoms with Crippen LogP contribution in [0.5, 0.6) is 0 Å². The van der Waals surface area contributed by atoms with Crippen molar-refractivity contribution in [1.82, 2.24) is 0 Å². The van der Waals surface area contributed by atoms with E-state index in [9.17, 15) is 0 Å². The zero-order valence-corrected chi connectivity index (χ0v) is 13.5. The maximum atomic E-state index is 6.25. The molecule has 0 aliphatic heterocycles. The predicted molar refractivity (Wildman–Crippen MR) is 80.9 cm³/mol. The molecule has 1 heterocycles. The normalized spacial score (nSPS) is 30.3. The second-order valence-corrected chi connectivity index (χ2v) is 7.43. The molecule has 1 aliphatic carbocycles. The molecular weight excluding hydrogens is 310 g/mol.